The van der Waals surface area contributed by atoms with Crippen LogP contribution in [0.2, 0.25) is 0 Å². The zero-order valence-electron chi connectivity index (χ0n) is 18.5. The predicted octanol–water partition coefficient (Wildman–Crippen LogP) is 8.70. The lowest BCUT2D eigenvalue weighted by molar-refractivity contribution is -0.137. The molecule has 1 N–H and O–H groups in total. The summed E-state index contributed by atoms with van der Waals surface area (Å²) < 4.78 is 0. The van der Waals surface area contributed by atoms with Crippen LogP contribution < -0.4 is 0 Å². The van der Waals surface area contributed by atoms with Crippen LogP contribution in [0.5, 0.6) is 0 Å². The zero-order valence-corrected chi connectivity index (χ0v) is 18.5. The van der Waals surface area contributed by atoms with E-state index in [1.165, 1.54) is 103 Å². The van der Waals surface area contributed by atoms with Crippen molar-refractivity contribution in [1.82, 2.24) is 0 Å². The highest BCUT2D eigenvalue weighted by molar-refractivity contribution is 5.66. The monoisotopic (exact) mass is 380 g/mol. The summed E-state index contributed by atoms with van der Waals surface area (Å²) >= 11 is 0. The number of carbonyl (C=O) groups is 1. The van der Waals surface area contributed by atoms with Gasteiger partial charge in [-0.3, -0.25) is 4.79 Å². The quantitative estimate of drug-likeness (QED) is 0.160. The molecule has 0 aliphatic heterocycles. The van der Waals surface area contributed by atoms with Crippen molar-refractivity contribution in [3.63, 3.8) is 0 Å². The van der Waals surface area contributed by atoms with Gasteiger partial charge < -0.3 is 5.11 Å². The first-order chi connectivity index (χ1) is 13.2. The minimum absolute atomic E-state index is 0.342. The van der Waals surface area contributed by atoms with Crippen LogP contribution in [0.4, 0.5) is 0 Å². The van der Waals surface area contributed by atoms with E-state index in [1.54, 1.807) is 0 Å². The van der Waals surface area contributed by atoms with Gasteiger partial charge in [-0.25, -0.2) is 0 Å². The Morgan fingerprint density at radius 3 is 1.70 bits per heavy atom. The molecule has 2 heteroatoms. The number of unbranched alkanes of at least 4 members (excludes halogenated alkanes) is 15. The number of aliphatic carboxylic acids is 1. The molecule has 0 amide bonds. The maximum absolute atomic E-state index is 10.4. The molecular weight excluding hydrogens is 332 g/mol. The molecule has 0 rings (SSSR count). The molecule has 0 radical (unpaired) electrons. The first-order valence-electron chi connectivity index (χ1n) is 12.0. The molecule has 1 unspecified atom stereocenters. The highest BCUT2D eigenvalue weighted by Gasteiger charge is 1.98. The summed E-state index contributed by atoms with van der Waals surface area (Å²) in [6.07, 6.45) is 28.8. The minimum Gasteiger partial charge on any atom is -0.481 e. The van der Waals surface area contributed by atoms with Gasteiger partial charge in [0, 0.05) is 6.42 Å². The highest BCUT2D eigenvalue weighted by Crippen LogP contribution is 2.15. The molecule has 27 heavy (non-hydrogen) atoms. The van der Waals surface area contributed by atoms with Crippen molar-refractivity contribution < 1.29 is 9.90 Å². The predicted molar refractivity (Wildman–Crippen MR) is 119 cm³/mol. The van der Waals surface area contributed by atoms with Crippen LogP contribution in [0.1, 0.15) is 136 Å². The summed E-state index contributed by atoms with van der Waals surface area (Å²) in [5.41, 5.74) is 0. The summed E-state index contributed by atoms with van der Waals surface area (Å²) in [5, 5.41) is 8.58. The van der Waals surface area contributed by atoms with Gasteiger partial charge in [-0.1, -0.05) is 116 Å². The third-order valence-corrected chi connectivity index (χ3v) is 5.49. The summed E-state index contributed by atoms with van der Waals surface area (Å²) in [6.45, 7) is 4.63. The summed E-state index contributed by atoms with van der Waals surface area (Å²) in [4.78, 5) is 10.4. The number of hydrogen-bond donors (Lipinski definition) is 1. The van der Waals surface area contributed by atoms with E-state index in [4.69, 9.17) is 5.11 Å². The first-order valence-corrected chi connectivity index (χ1v) is 12.0. The van der Waals surface area contributed by atoms with Gasteiger partial charge in [0.15, 0.2) is 0 Å². The summed E-state index contributed by atoms with van der Waals surface area (Å²) in [5.74, 6) is 0.106. The highest BCUT2D eigenvalue weighted by atomic mass is 16.4. The standard InChI is InChI=1S/C25H48O2/c1-3-4-5-15-18-21-24(2)22-19-16-13-11-9-7-6-8-10-12-14-17-20-23-25(26)27/h18,21,24H,3-17,19-20,22-23H2,1-2H3,(H,26,27)/b21-18+. The van der Waals surface area contributed by atoms with Crippen molar-refractivity contribution in [2.24, 2.45) is 5.92 Å². The van der Waals surface area contributed by atoms with Gasteiger partial charge in [0.2, 0.25) is 0 Å². The van der Waals surface area contributed by atoms with Gasteiger partial charge in [-0.05, 0) is 31.6 Å². The molecule has 0 heterocycles. The van der Waals surface area contributed by atoms with E-state index in [2.05, 4.69) is 26.0 Å². The second kappa shape index (κ2) is 21.5. The largest absolute Gasteiger partial charge is 0.481 e. The van der Waals surface area contributed by atoms with Gasteiger partial charge in [0.05, 0.1) is 0 Å². The molecule has 0 bridgehead atoms. The Hall–Kier alpha value is -0.790. The molecule has 0 aromatic rings. The lowest BCUT2D eigenvalue weighted by Crippen LogP contribution is -1.93. The third kappa shape index (κ3) is 23.2. The number of allylic oxidation sites excluding steroid dienone is 2. The second-order valence-electron chi connectivity index (χ2n) is 8.43. The Balaban J connectivity index is 3.17. The molecule has 0 saturated heterocycles. The van der Waals surface area contributed by atoms with Gasteiger partial charge in [-0.15, -0.1) is 0 Å². The Labute approximate surface area is 170 Å². The Bertz CT molecular complexity index is 335. The molecular formula is C25H48O2. The van der Waals surface area contributed by atoms with E-state index < -0.39 is 5.97 Å². The van der Waals surface area contributed by atoms with Crippen LogP contribution in [0.15, 0.2) is 12.2 Å². The van der Waals surface area contributed by atoms with Crippen LogP contribution in [-0.2, 0) is 4.79 Å². The van der Waals surface area contributed by atoms with Crippen LogP contribution >= 0.6 is 0 Å². The van der Waals surface area contributed by atoms with E-state index >= 15 is 0 Å². The van der Waals surface area contributed by atoms with E-state index in [0.29, 0.717) is 6.42 Å². The maximum Gasteiger partial charge on any atom is 0.303 e. The Kier molecular flexibility index (Phi) is 20.9. The van der Waals surface area contributed by atoms with Crippen LogP contribution in [-0.4, -0.2) is 11.1 Å². The molecule has 160 valence electrons. The van der Waals surface area contributed by atoms with Gasteiger partial charge >= 0.3 is 5.97 Å². The smallest absolute Gasteiger partial charge is 0.303 e. The third-order valence-electron chi connectivity index (χ3n) is 5.49. The zero-order chi connectivity index (χ0) is 20.0. The average molecular weight is 381 g/mol. The molecule has 0 aromatic heterocycles. The van der Waals surface area contributed by atoms with Crippen LogP contribution in [0.25, 0.3) is 0 Å². The van der Waals surface area contributed by atoms with E-state index in [-0.39, 0.29) is 0 Å². The van der Waals surface area contributed by atoms with E-state index in [0.717, 1.165) is 18.8 Å². The van der Waals surface area contributed by atoms with Gasteiger partial charge in [0.25, 0.3) is 0 Å². The van der Waals surface area contributed by atoms with Crippen molar-refractivity contribution in [1.29, 1.82) is 0 Å². The van der Waals surface area contributed by atoms with E-state index in [9.17, 15) is 4.79 Å². The first kappa shape index (κ1) is 26.2. The molecule has 2 nitrogen and oxygen atoms in total. The van der Waals surface area contributed by atoms with Crippen molar-refractivity contribution in [3.05, 3.63) is 12.2 Å². The Morgan fingerprint density at radius 2 is 1.22 bits per heavy atom. The molecule has 0 aliphatic carbocycles. The Morgan fingerprint density at radius 1 is 0.741 bits per heavy atom. The summed E-state index contributed by atoms with van der Waals surface area (Å²) in [6, 6.07) is 0. The minimum atomic E-state index is -0.654. The molecule has 0 aliphatic rings. The maximum atomic E-state index is 10.4. The van der Waals surface area contributed by atoms with Gasteiger partial charge in [0.1, 0.15) is 0 Å². The van der Waals surface area contributed by atoms with Crippen molar-refractivity contribution in [2.45, 2.75) is 136 Å². The number of carboxylic acid groups (broad SMARTS) is 1. The van der Waals surface area contributed by atoms with E-state index in [1.807, 2.05) is 0 Å². The fourth-order valence-electron chi connectivity index (χ4n) is 3.62. The average Bonchev–Trinajstić information content (AvgIpc) is 2.64. The van der Waals surface area contributed by atoms with Crippen molar-refractivity contribution in [2.75, 3.05) is 0 Å². The molecule has 0 saturated carbocycles. The van der Waals surface area contributed by atoms with Crippen LogP contribution in [0, 0.1) is 5.92 Å². The molecule has 1 atom stereocenters. The molecule has 0 fully saturated rings. The lowest BCUT2D eigenvalue weighted by atomic mass is 10.00. The SMILES string of the molecule is CCCCC/C=C/C(C)CCCCCCCCCCCCCCCC(=O)O. The fourth-order valence-corrected chi connectivity index (χ4v) is 3.62. The topological polar surface area (TPSA) is 37.3 Å². The number of carboxylic acids is 1. The normalized spacial score (nSPS) is 12.7. The fraction of sp³-hybridized carbons (Fsp3) is 0.880. The van der Waals surface area contributed by atoms with Crippen molar-refractivity contribution in [3.8, 4) is 0 Å². The molecule has 0 spiro atoms. The number of rotatable bonds is 21. The lowest BCUT2D eigenvalue weighted by Gasteiger charge is -2.06. The number of hydrogen-bond acceptors (Lipinski definition) is 1. The van der Waals surface area contributed by atoms with Crippen LogP contribution in [0.3, 0.4) is 0 Å². The second-order valence-corrected chi connectivity index (χ2v) is 8.43. The molecule has 0 aromatic carbocycles. The van der Waals surface area contributed by atoms with Gasteiger partial charge in [-0.2, -0.15) is 0 Å². The van der Waals surface area contributed by atoms with Crippen molar-refractivity contribution >= 4 is 5.97 Å². The summed E-state index contributed by atoms with van der Waals surface area (Å²) in [7, 11) is 0.